The van der Waals surface area contributed by atoms with Gasteiger partial charge in [-0.05, 0) is 42.4 Å². The molecule has 1 heterocycles. The first-order chi connectivity index (χ1) is 9.38. The summed E-state index contributed by atoms with van der Waals surface area (Å²) in [5.74, 6) is -1.00. The van der Waals surface area contributed by atoms with Gasteiger partial charge in [0.15, 0.2) is 5.16 Å². The van der Waals surface area contributed by atoms with Crippen LogP contribution in [0.3, 0.4) is 0 Å². The summed E-state index contributed by atoms with van der Waals surface area (Å²) in [6.07, 6.45) is 0. The molecule has 0 aliphatic rings. The molecule has 2 rings (SSSR count). The smallest absolute Gasteiger partial charge is 0.339 e. The number of carboxylic acids is 1. The number of aromatic carboxylic acids is 1. The number of carboxylic acid groups (broad SMARTS) is 1. The van der Waals surface area contributed by atoms with E-state index in [1.807, 2.05) is 0 Å². The predicted octanol–water partition coefficient (Wildman–Crippen LogP) is 0.626. The van der Waals surface area contributed by atoms with Gasteiger partial charge in [0.25, 0.3) is 0 Å². The Bertz CT molecular complexity index is 794. The van der Waals surface area contributed by atoms with Crippen molar-refractivity contribution < 1.29 is 9.90 Å². The van der Waals surface area contributed by atoms with E-state index in [-0.39, 0.29) is 5.56 Å². The summed E-state index contributed by atoms with van der Waals surface area (Å²) in [6.45, 7) is 1.76. The van der Waals surface area contributed by atoms with Crippen LogP contribution >= 0.6 is 11.8 Å². The maximum atomic E-state index is 11.3. The van der Waals surface area contributed by atoms with Gasteiger partial charge in [-0.1, -0.05) is 0 Å². The number of H-pyrrole nitrogens is 1. The van der Waals surface area contributed by atoms with Crippen LogP contribution in [0.15, 0.2) is 37.8 Å². The predicted molar refractivity (Wildman–Crippen MR) is 72.4 cm³/mol. The van der Waals surface area contributed by atoms with Crippen LogP contribution < -0.4 is 11.1 Å². The van der Waals surface area contributed by atoms with Crippen LogP contribution in [-0.4, -0.2) is 25.8 Å². The summed E-state index contributed by atoms with van der Waals surface area (Å²) in [5.41, 5.74) is -0.703. The second-order valence-electron chi connectivity index (χ2n) is 4.09. The van der Waals surface area contributed by atoms with E-state index in [2.05, 4.69) is 10.1 Å². The van der Waals surface area contributed by atoms with Gasteiger partial charge < -0.3 is 5.11 Å². The summed E-state index contributed by atoms with van der Waals surface area (Å²) in [6, 6.07) is 4.65. The van der Waals surface area contributed by atoms with Crippen molar-refractivity contribution in [3.8, 4) is 0 Å². The summed E-state index contributed by atoms with van der Waals surface area (Å²) < 4.78 is 1.35. The Balaban J connectivity index is 2.40. The highest BCUT2D eigenvalue weighted by Crippen LogP contribution is 2.28. The number of hydrogen-bond donors (Lipinski definition) is 2. The number of aromatic amines is 1. The average molecular weight is 293 g/mol. The van der Waals surface area contributed by atoms with Gasteiger partial charge in [0.05, 0.1) is 5.56 Å². The van der Waals surface area contributed by atoms with E-state index < -0.39 is 17.1 Å². The molecule has 2 N–H and O–H groups in total. The molecule has 20 heavy (non-hydrogen) atoms. The van der Waals surface area contributed by atoms with Crippen LogP contribution in [0, 0.1) is 6.92 Å². The van der Waals surface area contributed by atoms with Crippen molar-refractivity contribution in [2.45, 2.75) is 17.0 Å². The zero-order valence-electron chi connectivity index (χ0n) is 10.7. The molecule has 0 atom stereocenters. The van der Waals surface area contributed by atoms with E-state index in [1.165, 1.54) is 28.6 Å². The zero-order chi connectivity index (χ0) is 14.9. The second kappa shape index (κ2) is 5.33. The fourth-order valence-corrected chi connectivity index (χ4v) is 2.41. The van der Waals surface area contributed by atoms with Crippen LogP contribution in [0.5, 0.6) is 0 Å². The van der Waals surface area contributed by atoms with Crippen LogP contribution in [0.25, 0.3) is 0 Å². The van der Waals surface area contributed by atoms with Crippen molar-refractivity contribution in [3.05, 3.63) is 50.0 Å². The molecule has 1 aromatic carbocycles. The van der Waals surface area contributed by atoms with Crippen molar-refractivity contribution in [1.82, 2.24) is 14.8 Å². The SMILES string of the molecule is Cc1cc(C(=O)O)ccc1Sc1nc(=O)c(=O)[nH]n1C. The molecule has 0 unspecified atom stereocenters. The van der Waals surface area contributed by atoms with Gasteiger partial charge in [0.2, 0.25) is 0 Å². The molecule has 1 aromatic heterocycles. The molecule has 0 aliphatic carbocycles. The number of aryl methyl sites for hydroxylation is 2. The molecule has 0 bridgehead atoms. The molecular formula is C12H11N3O4S. The molecule has 7 nitrogen and oxygen atoms in total. The number of nitrogens with one attached hydrogen (secondary N) is 1. The minimum atomic E-state index is -1.00. The van der Waals surface area contributed by atoms with Gasteiger partial charge in [-0.15, -0.1) is 0 Å². The molecular weight excluding hydrogens is 282 g/mol. The molecule has 0 saturated heterocycles. The lowest BCUT2D eigenvalue weighted by Crippen LogP contribution is -2.33. The summed E-state index contributed by atoms with van der Waals surface area (Å²) >= 11 is 1.17. The van der Waals surface area contributed by atoms with Gasteiger partial charge >= 0.3 is 17.1 Å². The minimum Gasteiger partial charge on any atom is -0.478 e. The molecule has 0 aliphatic heterocycles. The first-order valence-corrected chi connectivity index (χ1v) is 6.39. The van der Waals surface area contributed by atoms with Crippen LogP contribution in [-0.2, 0) is 7.05 Å². The lowest BCUT2D eigenvalue weighted by atomic mass is 10.1. The quantitative estimate of drug-likeness (QED) is 0.804. The van der Waals surface area contributed by atoms with Gasteiger partial charge in [0, 0.05) is 11.9 Å². The number of carbonyl (C=O) groups is 1. The fraction of sp³-hybridized carbons (Fsp3) is 0.167. The maximum absolute atomic E-state index is 11.3. The summed E-state index contributed by atoms with van der Waals surface area (Å²) in [7, 11) is 1.57. The van der Waals surface area contributed by atoms with Gasteiger partial charge in [0.1, 0.15) is 0 Å². The Morgan fingerprint density at radius 2 is 2.10 bits per heavy atom. The molecule has 0 spiro atoms. The molecule has 0 radical (unpaired) electrons. The number of benzene rings is 1. The Morgan fingerprint density at radius 1 is 1.40 bits per heavy atom. The van der Waals surface area contributed by atoms with Crippen molar-refractivity contribution in [1.29, 1.82) is 0 Å². The Morgan fingerprint density at radius 3 is 2.70 bits per heavy atom. The van der Waals surface area contributed by atoms with Crippen LogP contribution in [0.2, 0.25) is 0 Å². The highest BCUT2D eigenvalue weighted by molar-refractivity contribution is 7.99. The van der Waals surface area contributed by atoms with Crippen LogP contribution in [0.4, 0.5) is 0 Å². The van der Waals surface area contributed by atoms with E-state index in [0.29, 0.717) is 5.16 Å². The van der Waals surface area contributed by atoms with Gasteiger partial charge in [-0.3, -0.25) is 19.4 Å². The Labute approximate surface area is 117 Å². The summed E-state index contributed by atoms with van der Waals surface area (Å²) in [5, 5.41) is 11.6. The van der Waals surface area contributed by atoms with Crippen molar-refractivity contribution in [2.24, 2.45) is 7.05 Å². The lowest BCUT2D eigenvalue weighted by molar-refractivity contribution is 0.0696. The van der Waals surface area contributed by atoms with Crippen LogP contribution in [0.1, 0.15) is 15.9 Å². The molecule has 2 aromatic rings. The minimum absolute atomic E-state index is 0.190. The van der Waals surface area contributed by atoms with E-state index in [4.69, 9.17) is 5.11 Å². The zero-order valence-corrected chi connectivity index (χ0v) is 11.5. The van der Waals surface area contributed by atoms with Crippen molar-refractivity contribution >= 4 is 17.7 Å². The maximum Gasteiger partial charge on any atom is 0.339 e. The highest BCUT2D eigenvalue weighted by atomic mass is 32.2. The first-order valence-electron chi connectivity index (χ1n) is 5.57. The standard InChI is InChI=1S/C12H11N3O4S/c1-6-5-7(11(18)19)3-4-8(6)20-12-13-9(16)10(17)14-15(12)2/h3-5H,1-2H3,(H,14,17)(H,18,19). The second-order valence-corrected chi connectivity index (χ2v) is 5.10. The summed E-state index contributed by atoms with van der Waals surface area (Å²) in [4.78, 5) is 37.6. The number of rotatable bonds is 3. The monoisotopic (exact) mass is 293 g/mol. The number of nitrogens with zero attached hydrogens (tertiary/aromatic N) is 2. The molecule has 0 amide bonds. The molecule has 0 saturated carbocycles. The third-order valence-corrected chi connectivity index (χ3v) is 3.80. The third-order valence-electron chi connectivity index (χ3n) is 2.57. The fourth-order valence-electron chi connectivity index (χ4n) is 1.55. The Kier molecular flexibility index (Phi) is 3.75. The topological polar surface area (TPSA) is 105 Å². The largest absolute Gasteiger partial charge is 0.478 e. The van der Waals surface area contributed by atoms with Crippen molar-refractivity contribution in [2.75, 3.05) is 0 Å². The van der Waals surface area contributed by atoms with Crippen molar-refractivity contribution in [3.63, 3.8) is 0 Å². The number of hydrogen-bond acceptors (Lipinski definition) is 5. The van der Waals surface area contributed by atoms with Gasteiger partial charge in [-0.2, -0.15) is 4.98 Å². The van der Waals surface area contributed by atoms with E-state index >= 15 is 0 Å². The average Bonchev–Trinajstić information content (AvgIpc) is 2.37. The molecule has 8 heteroatoms. The lowest BCUT2D eigenvalue weighted by Gasteiger charge is -2.08. The molecule has 0 fully saturated rings. The Hall–Kier alpha value is -2.35. The normalized spacial score (nSPS) is 10.5. The number of aromatic nitrogens is 3. The molecule has 104 valence electrons. The first kappa shape index (κ1) is 14.1. The van der Waals surface area contributed by atoms with E-state index in [9.17, 15) is 14.4 Å². The van der Waals surface area contributed by atoms with Gasteiger partial charge in [-0.25, -0.2) is 4.79 Å². The highest BCUT2D eigenvalue weighted by Gasteiger charge is 2.10. The van der Waals surface area contributed by atoms with E-state index in [1.54, 1.807) is 20.0 Å². The third kappa shape index (κ3) is 2.80. The van der Waals surface area contributed by atoms with E-state index in [0.717, 1.165) is 10.5 Å².